The predicted octanol–water partition coefficient (Wildman–Crippen LogP) is 4.13. The van der Waals surface area contributed by atoms with E-state index < -0.39 is 21.6 Å². The van der Waals surface area contributed by atoms with Crippen molar-refractivity contribution in [1.29, 1.82) is 0 Å². The van der Waals surface area contributed by atoms with E-state index in [4.69, 9.17) is 4.74 Å². The summed E-state index contributed by atoms with van der Waals surface area (Å²) in [5.74, 6) is 1.07. The molecule has 0 aromatic heterocycles. The Hall–Kier alpha value is -1.36. The van der Waals surface area contributed by atoms with Gasteiger partial charge in [0.2, 0.25) is 10.0 Å². The third-order valence-electron chi connectivity index (χ3n) is 9.39. The molecule has 4 fully saturated rings. The van der Waals surface area contributed by atoms with Crippen LogP contribution < -0.4 is 15.4 Å². The number of sulfonamides is 1. The van der Waals surface area contributed by atoms with Crippen molar-refractivity contribution < 1.29 is 17.9 Å². The van der Waals surface area contributed by atoms with Gasteiger partial charge in [0.15, 0.2) is 0 Å². The number of hydrogen-bond acceptors (Lipinski definition) is 7. The maximum Gasteiger partial charge on any atom is 0.216 e. The number of carbonyl (C=O) groups is 1. The van der Waals surface area contributed by atoms with E-state index in [9.17, 15) is 13.2 Å². The lowest BCUT2D eigenvalue weighted by Gasteiger charge is -2.42. The molecule has 2 aliphatic heterocycles. The first kappa shape index (κ1) is 30.1. The Morgan fingerprint density at radius 1 is 1.05 bits per heavy atom. The first-order valence-electron chi connectivity index (χ1n) is 15.3. The second kappa shape index (κ2) is 12.1. The molecule has 6 atom stereocenters. The van der Waals surface area contributed by atoms with Gasteiger partial charge in [-0.3, -0.25) is 20.3 Å². The van der Waals surface area contributed by atoms with Crippen LogP contribution in [0.3, 0.4) is 0 Å². The zero-order valence-corrected chi connectivity index (χ0v) is 25.9. The first-order chi connectivity index (χ1) is 18.9. The second-order valence-corrected chi connectivity index (χ2v) is 16.2. The lowest BCUT2D eigenvalue weighted by atomic mass is 9.81. The molecular weight excluding hydrogens is 524 g/mol. The van der Waals surface area contributed by atoms with Crippen LogP contribution in [0, 0.1) is 31.1 Å². The molecule has 2 heterocycles. The highest BCUT2D eigenvalue weighted by molar-refractivity contribution is 7.90. The Morgan fingerprint density at radius 3 is 2.45 bits per heavy atom. The number of Topliss-reactive ketones (excluding diaryl/α,β-unsaturated/α-hetero) is 1. The smallest absolute Gasteiger partial charge is 0.216 e. The molecule has 224 valence electrons. The highest BCUT2D eigenvalue weighted by Crippen LogP contribution is 2.35. The maximum atomic E-state index is 13.7. The lowest BCUT2D eigenvalue weighted by molar-refractivity contribution is -0.128. The van der Waals surface area contributed by atoms with Gasteiger partial charge in [0.25, 0.3) is 0 Å². The van der Waals surface area contributed by atoms with Crippen molar-refractivity contribution in [2.75, 3.05) is 19.7 Å². The molecule has 1 aromatic rings. The molecule has 0 amide bonds. The number of nitrogens with zero attached hydrogens (tertiary/aromatic N) is 1. The lowest BCUT2D eigenvalue weighted by Crippen LogP contribution is -2.64. The minimum absolute atomic E-state index is 0.0393. The number of benzene rings is 1. The van der Waals surface area contributed by atoms with Crippen molar-refractivity contribution in [3.05, 3.63) is 34.9 Å². The average molecular weight is 575 g/mol. The molecule has 4 bridgehead atoms. The van der Waals surface area contributed by atoms with Gasteiger partial charge < -0.3 is 4.74 Å². The van der Waals surface area contributed by atoms with Gasteiger partial charge in [-0.15, -0.1) is 0 Å². The number of aryl methyl sites for hydroxylation is 2. The number of fused-ring (bicyclic) bond motifs is 4. The van der Waals surface area contributed by atoms with Gasteiger partial charge in [-0.25, -0.2) is 8.42 Å². The first-order valence-corrected chi connectivity index (χ1v) is 16.9. The monoisotopic (exact) mass is 574 g/mol. The second-order valence-electron chi connectivity index (χ2n) is 14.2. The zero-order valence-electron chi connectivity index (χ0n) is 25.0. The number of rotatable bonds is 4. The average Bonchev–Trinajstić information content (AvgIpc) is 2.84. The van der Waals surface area contributed by atoms with Crippen molar-refractivity contribution in [1.82, 2.24) is 20.3 Å². The van der Waals surface area contributed by atoms with Crippen LogP contribution in [0.2, 0.25) is 0 Å². The maximum absolute atomic E-state index is 13.7. The summed E-state index contributed by atoms with van der Waals surface area (Å²) in [6, 6.07) is 6.47. The third kappa shape index (κ3) is 7.34. The number of ketones is 1. The van der Waals surface area contributed by atoms with E-state index >= 15 is 0 Å². The van der Waals surface area contributed by atoms with Gasteiger partial charge in [-0.2, -0.15) is 4.72 Å². The third-order valence-corrected chi connectivity index (χ3v) is 11.3. The number of hydrogen-bond donors (Lipinski definition) is 3. The Balaban J connectivity index is 1.47. The van der Waals surface area contributed by atoms with Crippen LogP contribution in [0.1, 0.15) is 94.9 Å². The fraction of sp³-hybridized carbons (Fsp3) is 0.774. The number of ether oxygens (including phenoxy) is 1. The molecule has 5 unspecified atom stereocenters. The quantitative estimate of drug-likeness (QED) is 0.497. The Labute approximate surface area is 241 Å². The summed E-state index contributed by atoms with van der Waals surface area (Å²) in [5, 5.41) is 6.60. The Kier molecular flexibility index (Phi) is 9.10. The highest BCUT2D eigenvalue weighted by atomic mass is 32.2. The molecule has 2 aliphatic carbocycles. The predicted molar refractivity (Wildman–Crippen MR) is 158 cm³/mol. The minimum Gasteiger partial charge on any atom is -0.362 e. The topological polar surface area (TPSA) is 99.8 Å². The van der Waals surface area contributed by atoms with Crippen LogP contribution in [0.25, 0.3) is 0 Å². The molecule has 1 aromatic carbocycles. The van der Waals surface area contributed by atoms with Crippen molar-refractivity contribution in [3.8, 4) is 0 Å². The molecule has 5 rings (SSSR count). The van der Waals surface area contributed by atoms with E-state index in [1.54, 1.807) is 0 Å². The van der Waals surface area contributed by atoms with Crippen LogP contribution in [-0.2, 0) is 19.6 Å². The normalized spacial score (nSPS) is 34.3. The van der Waals surface area contributed by atoms with E-state index in [1.165, 1.54) is 16.7 Å². The van der Waals surface area contributed by atoms with Gasteiger partial charge >= 0.3 is 0 Å². The fourth-order valence-electron chi connectivity index (χ4n) is 7.47. The number of nitrogens with one attached hydrogen (secondary N) is 3. The van der Waals surface area contributed by atoms with Crippen molar-refractivity contribution >= 4 is 15.8 Å². The summed E-state index contributed by atoms with van der Waals surface area (Å²) in [6.07, 6.45) is 5.46. The van der Waals surface area contributed by atoms with Crippen LogP contribution in [-0.4, -0.2) is 62.6 Å². The van der Waals surface area contributed by atoms with Crippen molar-refractivity contribution in [2.24, 2.45) is 17.3 Å². The Bertz CT molecular complexity index is 1140. The van der Waals surface area contributed by atoms with Gasteiger partial charge in [0, 0.05) is 44.4 Å². The minimum atomic E-state index is -3.55. The van der Waals surface area contributed by atoms with E-state index in [-0.39, 0.29) is 23.7 Å². The summed E-state index contributed by atoms with van der Waals surface area (Å²) in [7, 11) is -3.55. The van der Waals surface area contributed by atoms with Gasteiger partial charge in [-0.1, -0.05) is 45.4 Å². The molecule has 3 N–H and O–H groups in total. The van der Waals surface area contributed by atoms with Crippen molar-refractivity contribution in [2.45, 2.75) is 116 Å². The van der Waals surface area contributed by atoms with Crippen LogP contribution in [0.15, 0.2) is 18.2 Å². The fourth-order valence-corrected chi connectivity index (χ4v) is 9.13. The molecule has 0 radical (unpaired) electrons. The molecular formula is C31H50N4O4S. The van der Waals surface area contributed by atoms with Gasteiger partial charge in [0.1, 0.15) is 18.3 Å². The molecule has 8 nitrogen and oxygen atoms in total. The van der Waals surface area contributed by atoms with E-state index in [0.29, 0.717) is 56.3 Å². The van der Waals surface area contributed by atoms with E-state index in [1.807, 2.05) is 0 Å². The Morgan fingerprint density at radius 2 is 1.77 bits per heavy atom. The SMILES string of the molecule is Cc1cccc(C)c1C1CC2NC(N1)NS(=O)(=O)C1CCCC(C1)CN(CC1CC(=O)C1)[C@H](CC(C)(C)C)CO2. The summed E-state index contributed by atoms with van der Waals surface area (Å²) in [4.78, 5) is 14.4. The van der Waals surface area contributed by atoms with Crippen LogP contribution in [0.4, 0.5) is 0 Å². The molecule has 2 saturated heterocycles. The molecule has 40 heavy (non-hydrogen) atoms. The molecule has 2 saturated carbocycles. The largest absolute Gasteiger partial charge is 0.362 e. The summed E-state index contributed by atoms with van der Waals surface area (Å²) < 4.78 is 37.1. The summed E-state index contributed by atoms with van der Waals surface area (Å²) in [6.45, 7) is 13.4. The van der Waals surface area contributed by atoms with Crippen LogP contribution >= 0.6 is 0 Å². The standard InChI is InChI=1S/C31H50N4O4S/c1-20-8-6-9-21(2)29(20)27-15-28-33-30(32-27)34-40(37,38)26-11-7-10-22(14-26)17-35(18-23-12-25(36)13-23)24(19-39-28)16-31(3,4)5/h6,8-9,22-24,26-28,30,32-34H,7,10-19H2,1-5H3/t22?,24-,26?,27?,28?,30?/m1/s1. The molecule has 4 aliphatic rings. The van der Waals surface area contributed by atoms with Gasteiger partial charge in [-0.05, 0) is 73.5 Å². The van der Waals surface area contributed by atoms with Crippen molar-refractivity contribution in [3.63, 3.8) is 0 Å². The van der Waals surface area contributed by atoms with Gasteiger partial charge in [0.05, 0.1) is 11.9 Å². The van der Waals surface area contributed by atoms with E-state index in [0.717, 1.165) is 32.4 Å². The summed E-state index contributed by atoms with van der Waals surface area (Å²) >= 11 is 0. The zero-order chi connectivity index (χ0) is 28.7. The highest BCUT2D eigenvalue weighted by Gasteiger charge is 2.40. The molecule has 9 heteroatoms. The molecule has 0 spiro atoms. The summed E-state index contributed by atoms with van der Waals surface area (Å²) in [5.41, 5.74) is 3.71. The van der Waals surface area contributed by atoms with E-state index in [2.05, 4.69) is 73.1 Å². The number of carbonyl (C=O) groups excluding carboxylic acids is 1. The van der Waals surface area contributed by atoms with Crippen LogP contribution in [0.5, 0.6) is 0 Å².